The lowest BCUT2D eigenvalue weighted by Gasteiger charge is -2.22. The molecule has 3 N–H and O–H groups in total. The summed E-state index contributed by atoms with van der Waals surface area (Å²) in [6.07, 6.45) is -0.883. The number of nitrogens with zero attached hydrogens (tertiary/aromatic N) is 1. The van der Waals surface area contributed by atoms with E-state index in [4.69, 9.17) is 10.5 Å². The Labute approximate surface area is 120 Å². The summed E-state index contributed by atoms with van der Waals surface area (Å²) in [5.41, 5.74) is 7.49. The zero-order valence-electron chi connectivity index (χ0n) is 12.3. The van der Waals surface area contributed by atoms with Gasteiger partial charge in [0.05, 0.1) is 18.4 Å². The van der Waals surface area contributed by atoms with Crippen LogP contribution < -0.4 is 5.73 Å². The lowest BCUT2D eigenvalue weighted by molar-refractivity contribution is 0.0554. The zero-order chi connectivity index (χ0) is 15.5. The second kappa shape index (κ2) is 6.53. The molecule has 7 heteroatoms. The molecule has 1 atom stereocenters. The normalized spacial score (nSPS) is 13.7. The van der Waals surface area contributed by atoms with Gasteiger partial charge < -0.3 is 15.6 Å². The molecule has 20 heavy (non-hydrogen) atoms. The predicted molar refractivity (Wildman–Crippen MR) is 78.0 cm³/mol. The van der Waals surface area contributed by atoms with Gasteiger partial charge in [-0.25, -0.2) is 8.42 Å². The van der Waals surface area contributed by atoms with Gasteiger partial charge in [0.2, 0.25) is 10.0 Å². The largest absolute Gasteiger partial charge is 0.398 e. The molecule has 114 valence electrons. The Morgan fingerprint density at radius 2 is 2.00 bits per heavy atom. The van der Waals surface area contributed by atoms with Crippen molar-refractivity contribution >= 4 is 15.7 Å². The molecule has 0 bridgehead atoms. The SMILES string of the molecule is COCC(O)CN(C)S(=O)(=O)c1c(N)ccc(C)c1C. The van der Waals surface area contributed by atoms with E-state index in [1.54, 1.807) is 19.1 Å². The van der Waals surface area contributed by atoms with Crippen LogP contribution in [0.4, 0.5) is 5.69 Å². The van der Waals surface area contributed by atoms with Crippen LogP contribution in [0.3, 0.4) is 0 Å². The molecule has 0 saturated heterocycles. The van der Waals surface area contributed by atoms with Gasteiger partial charge in [0, 0.05) is 20.7 Å². The van der Waals surface area contributed by atoms with Crippen LogP contribution in [0.15, 0.2) is 17.0 Å². The number of methoxy groups -OCH3 is 1. The minimum atomic E-state index is -3.74. The Kier molecular flexibility index (Phi) is 5.52. The number of hydrogen-bond donors (Lipinski definition) is 2. The Hall–Kier alpha value is -1.15. The Morgan fingerprint density at radius 1 is 1.40 bits per heavy atom. The van der Waals surface area contributed by atoms with Crippen molar-refractivity contribution in [3.63, 3.8) is 0 Å². The number of benzene rings is 1. The molecule has 0 aliphatic carbocycles. The number of nitrogen functional groups attached to an aromatic ring is 1. The first-order valence-corrected chi connectivity index (χ1v) is 7.64. The lowest BCUT2D eigenvalue weighted by atomic mass is 10.1. The van der Waals surface area contributed by atoms with E-state index in [-0.39, 0.29) is 23.7 Å². The van der Waals surface area contributed by atoms with Gasteiger partial charge in [-0.05, 0) is 31.0 Å². The van der Waals surface area contributed by atoms with E-state index < -0.39 is 16.1 Å². The molecule has 0 spiro atoms. The smallest absolute Gasteiger partial charge is 0.245 e. The first kappa shape index (κ1) is 16.9. The summed E-state index contributed by atoms with van der Waals surface area (Å²) in [6, 6.07) is 3.36. The van der Waals surface area contributed by atoms with Gasteiger partial charge in [0.1, 0.15) is 4.90 Å². The highest BCUT2D eigenvalue weighted by atomic mass is 32.2. The first-order chi connectivity index (χ1) is 9.21. The molecule has 0 radical (unpaired) electrons. The lowest BCUT2D eigenvalue weighted by Crippen LogP contribution is -2.36. The van der Waals surface area contributed by atoms with Crippen LogP contribution in [0.25, 0.3) is 0 Å². The molecule has 1 aromatic carbocycles. The molecule has 0 fully saturated rings. The molecule has 6 nitrogen and oxygen atoms in total. The van der Waals surface area contributed by atoms with Crippen molar-refractivity contribution in [2.45, 2.75) is 24.8 Å². The van der Waals surface area contributed by atoms with Gasteiger partial charge in [0.15, 0.2) is 0 Å². The number of ether oxygens (including phenoxy) is 1. The Morgan fingerprint density at radius 3 is 2.55 bits per heavy atom. The molecule has 0 amide bonds. The Balaban J connectivity index is 3.14. The molecular weight excluding hydrogens is 280 g/mol. The van der Waals surface area contributed by atoms with E-state index in [1.165, 1.54) is 14.2 Å². The molecule has 0 saturated carbocycles. The highest BCUT2D eigenvalue weighted by Gasteiger charge is 2.27. The van der Waals surface area contributed by atoms with Crippen molar-refractivity contribution in [2.75, 3.05) is 33.0 Å². The minimum Gasteiger partial charge on any atom is -0.398 e. The molecule has 1 unspecified atom stereocenters. The number of anilines is 1. The number of rotatable bonds is 6. The number of likely N-dealkylation sites (N-methyl/N-ethyl adjacent to an activating group) is 1. The maximum absolute atomic E-state index is 12.6. The average Bonchev–Trinajstić information content (AvgIpc) is 2.34. The summed E-state index contributed by atoms with van der Waals surface area (Å²) in [5, 5.41) is 9.66. The third-order valence-corrected chi connectivity index (χ3v) is 5.23. The van der Waals surface area contributed by atoms with Crippen LogP contribution in [0.1, 0.15) is 11.1 Å². The summed E-state index contributed by atoms with van der Waals surface area (Å²) in [4.78, 5) is 0.101. The van der Waals surface area contributed by atoms with Crippen LogP contribution >= 0.6 is 0 Å². The van der Waals surface area contributed by atoms with Crippen molar-refractivity contribution in [1.29, 1.82) is 0 Å². The third kappa shape index (κ3) is 3.49. The molecule has 0 aliphatic heterocycles. The second-order valence-corrected chi connectivity index (χ2v) is 6.80. The number of nitrogens with two attached hydrogens (primary N) is 1. The highest BCUT2D eigenvalue weighted by molar-refractivity contribution is 7.89. The van der Waals surface area contributed by atoms with Gasteiger partial charge in [-0.2, -0.15) is 4.31 Å². The zero-order valence-corrected chi connectivity index (χ0v) is 13.1. The van der Waals surface area contributed by atoms with Crippen LogP contribution in [0, 0.1) is 13.8 Å². The van der Waals surface area contributed by atoms with E-state index in [0.717, 1.165) is 9.87 Å². The van der Waals surface area contributed by atoms with Crippen molar-refractivity contribution < 1.29 is 18.3 Å². The van der Waals surface area contributed by atoms with Gasteiger partial charge in [-0.15, -0.1) is 0 Å². The third-order valence-electron chi connectivity index (χ3n) is 3.20. The van der Waals surface area contributed by atoms with E-state index in [0.29, 0.717) is 5.56 Å². The summed E-state index contributed by atoms with van der Waals surface area (Å²) < 4.78 is 31.0. The number of hydrogen-bond acceptors (Lipinski definition) is 5. The van der Waals surface area contributed by atoms with Crippen molar-refractivity contribution in [2.24, 2.45) is 0 Å². The molecule has 1 aromatic rings. The van der Waals surface area contributed by atoms with Crippen LogP contribution in [-0.2, 0) is 14.8 Å². The fourth-order valence-electron chi connectivity index (χ4n) is 1.95. The van der Waals surface area contributed by atoms with Crippen molar-refractivity contribution in [1.82, 2.24) is 4.31 Å². The van der Waals surface area contributed by atoms with E-state index >= 15 is 0 Å². The summed E-state index contributed by atoms with van der Waals surface area (Å²) in [7, 11) is -0.886. The standard InChI is InChI=1S/C13H22N2O4S/c1-9-5-6-12(14)13(10(9)2)20(17,18)15(3)7-11(16)8-19-4/h5-6,11,16H,7-8,14H2,1-4H3. The van der Waals surface area contributed by atoms with E-state index in [1.807, 2.05) is 6.92 Å². The van der Waals surface area contributed by atoms with Crippen LogP contribution in [0.5, 0.6) is 0 Å². The summed E-state index contributed by atoms with van der Waals surface area (Å²) in [6.45, 7) is 3.57. The molecule has 1 rings (SSSR count). The fourth-order valence-corrected chi connectivity index (χ4v) is 3.54. The second-order valence-electron chi connectivity index (χ2n) is 4.82. The maximum Gasteiger partial charge on any atom is 0.245 e. The van der Waals surface area contributed by atoms with Gasteiger partial charge in [0.25, 0.3) is 0 Å². The highest BCUT2D eigenvalue weighted by Crippen LogP contribution is 2.27. The number of sulfonamides is 1. The van der Waals surface area contributed by atoms with Crippen LogP contribution in [-0.4, -0.2) is 51.2 Å². The Bertz CT molecular complexity index is 572. The molecule has 0 aliphatic rings. The first-order valence-electron chi connectivity index (χ1n) is 6.20. The summed E-state index contributed by atoms with van der Waals surface area (Å²) >= 11 is 0. The number of aliphatic hydroxyl groups is 1. The van der Waals surface area contributed by atoms with Gasteiger partial charge >= 0.3 is 0 Å². The summed E-state index contributed by atoms with van der Waals surface area (Å²) in [5.74, 6) is 0. The monoisotopic (exact) mass is 302 g/mol. The predicted octanol–water partition coefficient (Wildman–Crippen LogP) is 0.513. The molecule has 0 heterocycles. The topological polar surface area (TPSA) is 92.9 Å². The molecular formula is C13H22N2O4S. The molecule has 0 aromatic heterocycles. The van der Waals surface area contributed by atoms with Gasteiger partial charge in [-0.1, -0.05) is 6.07 Å². The van der Waals surface area contributed by atoms with Crippen LogP contribution in [0.2, 0.25) is 0 Å². The minimum absolute atomic E-state index is 0.0526. The number of aryl methyl sites for hydroxylation is 1. The quantitative estimate of drug-likeness (QED) is 0.747. The van der Waals surface area contributed by atoms with E-state index in [2.05, 4.69) is 0 Å². The van der Waals surface area contributed by atoms with Crippen molar-refractivity contribution in [3.8, 4) is 0 Å². The average molecular weight is 302 g/mol. The van der Waals surface area contributed by atoms with Gasteiger partial charge in [-0.3, -0.25) is 0 Å². The van der Waals surface area contributed by atoms with Crippen molar-refractivity contribution in [3.05, 3.63) is 23.3 Å². The number of aliphatic hydroxyl groups excluding tert-OH is 1. The van der Waals surface area contributed by atoms with E-state index in [9.17, 15) is 13.5 Å². The fraction of sp³-hybridized carbons (Fsp3) is 0.538. The maximum atomic E-state index is 12.6.